The van der Waals surface area contributed by atoms with Crippen molar-refractivity contribution < 1.29 is 9.53 Å². The number of carbonyl (C=O) groups is 1. The Morgan fingerprint density at radius 1 is 1.61 bits per heavy atom. The number of rotatable bonds is 4. The van der Waals surface area contributed by atoms with Crippen molar-refractivity contribution in [2.45, 2.75) is 33.2 Å². The van der Waals surface area contributed by atoms with Gasteiger partial charge in [-0.05, 0) is 5.92 Å². The minimum Gasteiger partial charge on any atom is -0.464 e. The Bertz CT molecular complexity index is 483. The Kier molecular flexibility index (Phi) is 4.38. The van der Waals surface area contributed by atoms with E-state index < -0.39 is 5.97 Å². The molecular formula is C13H19N3O2. The Hall–Kier alpha value is -1.96. The zero-order valence-electron chi connectivity index (χ0n) is 11.2. The maximum Gasteiger partial charge on any atom is 0.360 e. The summed E-state index contributed by atoms with van der Waals surface area (Å²) in [7, 11) is 1.30. The van der Waals surface area contributed by atoms with Gasteiger partial charge in [0, 0.05) is 6.42 Å². The van der Waals surface area contributed by atoms with Crippen LogP contribution in [0, 0.1) is 18.3 Å². The standard InChI is InChI=1S/C13H19N3O2/c1-6-9(8(3)4)16-10(7-2)15-11(12(16)14)13(17)18-5/h1,8-9H,7,14H2,2-5H3. The third kappa shape index (κ3) is 2.33. The summed E-state index contributed by atoms with van der Waals surface area (Å²) >= 11 is 0. The van der Waals surface area contributed by atoms with Gasteiger partial charge in [0.2, 0.25) is 0 Å². The number of aromatic nitrogens is 2. The van der Waals surface area contributed by atoms with Crippen molar-refractivity contribution >= 4 is 11.8 Å². The molecule has 5 heteroatoms. The van der Waals surface area contributed by atoms with E-state index in [9.17, 15) is 4.79 Å². The van der Waals surface area contributed by atoms with E-state index in [-0.39, 0.29) is 23.5 Å². The predicted octanol–water partition coefficient (Wildman–Crippen LogP) is 1.64. The second-order valence-electron chi connectivity index (χ2n) is 4.33. The van der Waals surface area contributed by atoms with E-state index in [1.54, 1.807) is 4.57 Å². The van der Waals surface area contributed by atoms with Gasteiger partial charge in [-0.15, -0.1) is 6.42 Å². The molecule has 0 saturated heterocycles. The van der Waals surface area contributed by atoms with Crippen LogP contribution in [0.3, 0.4) is 0 Å². The highest BCUT2D eigenvalue weighted by molar-refractivity contribution is 5.92. The number of imidazole rings is 1. The number of hydrogen-bond donors (Lipinski definition) is 1. The summed E-state index contributed by atoms with van der Waals surface area (Å²) in [5.74, 6) is 3.32. The third-order valence-corrected chi connectivity index (χ3v) is 2.80. The van der Waals surface area contributed by atoms with Crippen molar-refractivity contribution in [1.29, 1.82) is 0 Å². The fraction of sp³-hybridized carbons (Fsp3) is 0.538. The lowest BCUT2D eigenvalue weighted by molar-refractivity contribution is 0.0595. The van der Waals surface area contributed by atoms with E-state index in [4.69, 9.17) is 12.2 Å². The first-order valence-electron chi connectivity index (χ1n) is 5.88. The van der Waals surface area contributed by atoms with E-state index in [0.717, 1.165) is 0 Å². The van der Waals surface area contributed by atoms with Crippen molar-refractivity contribution in [3.8, 4) is 12.3 Å². The molecule has 1 rings (SSSR count). The van der Waals surface area contributed by atoms with Crippen LogP contribution in [-0.4, -0.2) is 22.6 Å². The van der Waals surface area contributed by atoms with Gasteiger partial charge in [0.15, 0.2) is 5.69 Å². The summed E-state index contributed by atoms with van der Waals surface area (Å²) in [4.78, 5) is 15.8. The molecule has 0 amide bonds. The Balaban J connectivity index is 3.39. The van der Waals surface area contributed by atoms with E-state index in [0.29, 0.717) is 12.2 Å². The maximum absolute atomic E-state index is 11.6. The number of hydrogen-bond acceptors (Lipinski definition) is 4. The SMILES string of the molecule is C#CC(C(C)C)n1c(CC)nc(C(=O)OC)c1N. The summed E-state index contributed by atoms with van der Waals surface area (Å²) in [5, 5.41) is 0. The fourth-order valence-corrected chi connectivity index (χ4v) is 1.87. The molecule has 0 spiro atoms. The molecule has 18 heavy (non-hydrogen) atoms. The van der Waals surface area contributed by atoms with E-state index >= 15 is 0 Å². The van der Waals surface area contributed by atoms with Crippen LogP contribution in [0.5, 0.6) is 0 Å². The average Bonchev–Trinajstić information content (AvgIpc) is 2.67. The summed E-state index contributed by atoms with van der Waals surface area (Å²) in [5.41, 5.74) is 6.11. The van der Waals surface area contributed by atoms with Gasteiger partial charge in [-0.25, -0.2) is 9.78 Å². The van der Waals surface area contributed by atoms with Crippen LogP contribution in [0.25, 0.3) is 0 Å². The van der Waals surface area contributed by atoms with Crippen LogP contribution in [0.4, 0.5) is 5.82 Å². The Morgan fingerprint density at radius 2 is 2.22 bits per heavy atom. The molecule has 2 N–H and O–H groups in total. The monoisotopic (exact) mass is 249 g/mol. The van der Waals surface area contributed by atoms with Crippen molar-refractivity contribution in [3.63, 3.8) is 0 Å². The molecule has 1 atom stereocenters. The Morgan fingerprint density at radius 3 is 2.61 bits per heavy atom. The van der Waals surface area contributed by atoms with Crippen LogP contribution in [-0.2, 0) is 11.2 Å². The highest BCUT2D eigenvalue weighted by Crippen LogP contribution is 2.26. The van der Waals surface area contributed by atoms with Gasteiger partial charge < -0.3 is 10.5 Å². The Labute approximate surface area is 107 Å². The minimum atomic E-state index is -0.541. The number of terminal acetylenes is 1. The van der Waals surface area contributed by atoms with Gasteiger partial charge in [-0.2, -0.15) is 0 Å². The molecule has 1 aromatic heterocycles. The summed E-state index contributed by atoms with van der Waals surface area (Å²) in [6.07, 6.45) is 6.19. The number of esters is 1. The molecule has 1 heterocycles. The smallest absolute Gasteiger partial charge is 0.360 e. The van der Waals surface area contributed by atoms with Gasteiger partial charge in [0.25, 0.3) is 0 Å². The normalized spacial score (nSPS) is 12.2. The number of anilines is 1. The van der Waals surface area contributed by atoms with Gasteiger partial charge in [0.1, 0.15) is 11.6 Å². The van der Waals surface area contributed by atoms with E-state index in [1.807, 2.05) is 20.8 Å². The number of methoxy groups -OCH3 is 1. The number of nitrogen functional groups attached to an aromatic ring is 1. The number of aryl methyl sites for hydroxylation is 1. The number of carbonyl (C=O) groups excluding carboxylic acids is 1. The van der Waals surface area contributed by atoms with Gasteiger partial charge in [-0.1, -0.05) is 26.7 Å². The highest BCUT2D eigenvalue weighted by Gasteiger charge is 2.25. The third-order valence-electron chi connectivity index (χ3n) is 2.80. The molecule has 1 aromatic rings. The lowest BCUT2D eigenvalue weighted by Crippen LogP contribution is -2.18. The van der Waals surface area contributed by atoms with Crippen molar-refractivity contribution in [2.24, 2.45) is 5.92 Å². The predicted molar refractivity (Wildman–Crippen MR) is 70.1 cm³/mol. The lowest BCUT2D eigenvalue weighted by Gasteiger charge is -2.20. The quantitative estimate of drug-likeness (QED) is 0.650. The van der Waals surface area contributed by atoms with Crippen LogP contribution in [0.1, 0.15) is 43.1 Å². The zero-order valence-corrected chi connectivity index (χ0v) is 11.2. The molecule has 0 bridgehead atoms. The molecule has 0 aliphatic carbocycles. The molecule has 0 saturated carbocycles. The van der Waals surface area contributed by atoms with Gasteiger partial charge in [-0.3, -0.25) is 4.57 Å². The van der Waals surface area contributed by atoms with Gasteiger partial charge in [0.05, 0.1) is 13.2 Å². The van der Waals surface area contributed by atoms with Crippen LogP contribution in [0.2, 0.25) is 0 Å². The summed E-state index contributed by atoms with van der Waals surface area (Å²) in [6.45, 7) is 5.94. The molecule has 0 aliphatic heterocycles. The van der Waals surface area contributed by atoms with E-state index in [2.05, 4.69) is 15.6 Å². The van der Waals surface area contributed by atoms with Crippen molar-refractivity contribution in [1.82, 2.24) is 9.55 Å². The fourth-order valence-electron chi connectivity index (χ4n) is 1.87. The molecule has 0 aromatic carbocycles. The first-order valence-corrected chi connectivity index (χ1v) is 5.88. The number of nitrogens with zero attached hydrogens (tertiary/aromatic N) is 2. The molecule has 5 nitrogen and oxygen atoms in total. The molecule has 1 unspecified atom stereocenters. The first-order chi connectivity index (χ1) is 8.47. The summed E-state index contributed by atoms with van der Waals surface area (Å²) in [6, 6.07) is -0.217. The largest absolute Gasteiger partial charge is 0.464 e. The molecule has 0 fully saturated rings. The van der Waals surface area contributed by atoms with Gasteiger partial charge >= 0.3 is 5.97 Å². The molecular weight excluding hydrogens is 230 g/mol. The van der Waals surface area contributed by atoms with Crippen LogP contribution >= 0.6 is 0 Å². The first kappa shape index (κ1) is 14.1. The topological polar surface area (TPSA) is 70.1 Å². The second kappa shape index (κ2) is 5.58. The minimum absolute atomic E-state index is 0.134. The van der Waals surface area contributed by atoms with Crippen LogP contribution in [0.15, 0.2) is 0 Å². The van der Waals surface area contributed by atoms with Crippen molar-refractivity contribution in [2.75, 3.05) is 12.8 Å². The molecule has 98 valence electrons. The summed E-state index contributed by atoms with van der Waals surface area (Å²) < 4.78 is 6.40. The second-order valence-corrected chi connectivity index (χ2v) is 4.33. The van der Waals surface area contributed by atoms with E-state index in [1.165, 1.54) is 7.11 Å². The number of ether oxygens (including phenoxy) is 1. The highest BCUT2D eigenvalue weighted by atomic mass is 16.5. The molecule has 0 radical (unpaired) electrons. The average molecular weight is 249 g/mol. The maximum atomic E-state index is 11.6. The lowest BCUT2D eigenvalue weighted by atomic mass is 10.0. The zero-order chi connectivity index (χ0) is 13.9. The number of nitrogens with two attached hydrogens (primary N) is 1. The van der Waals surface area contributed by atoms with Crippen molar-refractivity contribution in [3.05, 3.63) is 11.5 Å². The van der Waals surface area contributed by atoms with Crippen LogP contribution < -0.4 is 5.73 Å². The molecule has 0 aliphatic rings.